The van der Waals surface area contributed by atoms with Crippen LogP contribution in [-0.2, 0) is 14.3 Å². The summed E-state index contributed by atoms with van der Waals surface area (Å²) in [5.74, 6) is -0.499. The molecular formula is C16H22N2O4S. The molecule has 2 aliphatic heterocycles. The highest BCUT2D eigenvalue weighted by Gasteiger charge is 2.41. The first kappa shape index (κ1) is 16.4. The molecule has 0 radical (unpaired) electrons. The SMILES string of the molecule is COC(=O)c1scc(C)c1NC(=O)CN1CCC2(CC1)COC2. The molecule has 0 atom stereocenters. The Labute approximate surface area is 139 Å². The fraction of sp³-hybridized carbons (Fsp3) is 0.625. The van der Waals surface area contributed by atoms with Crippen molar-refractivity contribution in [3.8, 4) is 0 Å². The summed E-state index contributed by atoms with van der Waals surface area (Å²) in [6.45, 7) is 5.80. The van der Waals surface area contributed by atoms with Gasteiger partial charge in [-0.2, -0.15) is 0 Å². The van der Waals surface area contributed by atoms with Gasteiger partial charge < -0.3 is 14.8 Å². The third-order valence-corrected chi connectivity index (χ3v) is 5.79. The molecule has 1 amide bonds. The molecule has 3 rings (SSSR count). The minimum atomic E-state index is -0.414. The van der Waals surface area contributed by atoms with E-state index in [0.29, 0.717) is 22.5 Å². The van der Waals surface area contributed by atoms with Crippen molar-refractivity contribution in [1.29, 1.82) is 0 Å². The molecule has 3 heterocycles. The number of hydrogen-bond acceptors (Lipinski definition) is 6. The number of likely N-dealkylation sites (tertiary alicyclic amines) is 1. The van der Waals surface area contributed by atoms with Gasteiger partial charge in [0.2, 0.25) is 5.91 Å². The van der Waals surface area contributed by atoms with Crippen molar-refractivity contribution in [1.82, 2.24) is 4.90 Å². The summed E-state index contributed by atoms with van der Waals surface area (Å²) in [6.07, 6.45) is 2.18. The van der Waals surface area contributed by atoms with E-state index in [1.54, 1.807) is 0 Å². The second-order valence-electron chi connectivity index (χ2n) is 6.43. The van der Waals surface area contributed by atoms with Crippen molar-refractivity contribution >= 4 is 28.9 Å². The molecule has 0 bridgehead atoms. The highest BCUT2D eigenvalue weighted by molar-refractivity contribution is 7.12. The number of thiophene rings is 1. The zero-order valence-corrected chi connectivity index (χ0v) is 14.3. The van der Waals surface area contributed by atoms with Gasteiger partial charge in [0.1, 0.15) is 4.88 Å². The second kappa shape index (κ2) is 6.59. The third kappa shape index (κ3) is 3.41. The molecule has 6 nitrogen and oxygen atoms in total. The Bertz CT molecular complexity index is 599. The Morgan fingerprint density at radius 3 is 2.65 bits per heavy atom. The van der Waals surface area contributed by atoms with Crippen molar-refractivity contribution in [3.63, 3.8) is 0 Å². The number of rotatable bonds is 4. The van der Waals surface area contributed by atoms with Crippen molar-refractivity contribution < 1.29 is 19.1 Å². The highest BCUT2D eigenvalue weighted by atomic mass is 32.1. The van der Waals surface area contributed by atoms with Crippen molar-refractivity contribution in [2.24, 2.45) is 5.41 Å². The molecule has 2 saturated heterocycles. The van der Waals surface area contributed by atoms with Crippen LogP contribution in [0.15, 0.2) is 5.38 Å². The van der Waals surface area contributed by atoms with Gasteiger partial charge in [-0.25, -0.2) is 4.79 Å². The van der Waals surface area contributed by atoms with Crippen LogP contribution in [0.3, 0.4) is 0 Å². The molecule has 1 aromatic heterocycles. The number of esters is 1. The minimum Gasteiger partial charge on any atom is -0.465 e. The quantitative estimate of drug-likeness (QED) is 0.849. The van der Waals surface area contributed by atoms with Gasteiger partial charge in [0.05, 0.1) is 32.6 Å². The minimum absolute atomic E-state index is 0.0857. The molecule has 7 heteroatoms. The molecule has 0 unspecified atom stereocenters. The summed E-state index contributed by atoms with van der Waals surface area (Å²) >= 11 is 1.29. The van der Waals surface area contributed by atoms with E-state index in [-0.39, 0.29) is 5.91 Å². The lowest BCUT2D eigenvalue weighted by molar-refractivity contribution is -0.141. The van der Waals surface area contributed by atoms with E-state index in [2.05, 4.69) is 10.2 Å². The third-order valence-electron chi connectivity index (χ3n) is 4.71. The van der Waals surface area contributed by atoms with Gasteiger partial charge in [-0.15, -0.1) is 11.3 Å². The topological polar surface area (TPSA) is 67.9 Å². The molecule has 1 spiro atoms. The van der Waals surface area contributed by atoms with Crippen LogP contribution >= 0.6 is 11.3 Å². The molecular weight excluding hydrogens is 316 g/mol. The van der Waals surface area contributed by atoms with E-state index in [0.717, 1.165) is 44.7 Å². The molecule has 0 saturated carbocycles. The van der Waals surface area contributed by atoms with E-state index in [1.165, 1.54) is 18.4 Å². The van der Waals surface area contributed by atoms with E-state index in [4.69, 9.17) is 9.47 Å². The Hall–Kier alpha value is -1.44. The van der Waals surface area contributed by atoms with Crippen LogP contribution in [0, 0.1) is 12.3 Å². The van der Waals surface area contributed by atoms with Crippen molar-refractivity contribution in [2.45, 2.75) is 19.8 Å². The van der Waals surface area contributed by atoms with Gasteiger partial charge in [-0.1, -0.05) is 0 Å². The standard InChI is InChI=1S/C16H22N2O4S/c1-11-8-23-14(15(20)21-2)13(11)17-12(19)7-18-5-3-16(4-6-18)9-22-10-16/h8H,3-7,9-10H2,1-2H3,(H,17,19). The zero-order valence-electron chi connectivity index (χ0n) is 13.5. The summed E-state index contributed by atoms with van der Waals surface area (Å²) in [7, 11) is 1.34. The molecule has 0 aliphatic carbocycles. The lowest BCUT2D eigenvalue weighted by Gasteiger charge is -2.47. The number of amides is 1. The first-order chi connectivity index (χ1) is 11.0. The number of carbonyl (C=O) groups is 2. The normalized spacial score (nSPS) is 20.1. The lowest BCUT2D eigenvalue weighted by Crippen LogP contribution is -2.51. The predicted molar refractivity (Wildman–Crippen MR) is 88.0 cm³/mol. The maximum absolute atomic E-state index is 12.3. The fourth-order valence-electron chi connectivity index (χ4n) is 3.09. The number of methoxy groups -OCH3 is 1. The molecule has 0 aromatic carbocycles. The Morgan fingerprint density at radius 2 is 2.09 bits per heavy atom. The maximum atomic E-state index is 12.3. The first-order valence-electron chi connectivity index (χ1n) is 7.79. The van der Waals surface area contributed by atoms with Crippen LogP contribution in [-0.4, -0.2) is 56.7 Å². The molecule has 2 aliphatic rings. The van der Waals surface area contributed by atoms with E-state index < -0.39 is 5.97 Å². The second-order valence-corrected chi connectivity index (χ2v) is 7.31. The van der Waals surface area contributed by atoms with Crippen LogP contribution in [0.1, 0.15) is 28.1 Å². The van der Waals surface area contributed by atoms with Crippen LogP contribution in [0.25, 0.3) is 0 Å². The number of nitrogens with zero attached hydrogens (tertiary/aromatic N) is 1. The Morgan fingerprint density at radius 1 is 1.39 bits per heavy atom. The van der Waals surface area contributed by atoms with Crippen molar-refractivity contribution in [2.75, 3.05) is 45.3 Å². The van der Waals surface area contributed by atoms with Gasteiger partial charge >= 0.3 is 5.97 Å². The number of nitrogens with one attached hydrogen (secondary N) is 1. The van der Waals surface area contributed by atoms with Crippen molar-refractivity contribution in [3.05, 3.63) is 15.8 Å². The highest BCUT2D eigenvalue weighted by Crippen LogP contribution is 2.38. The summed E-state index contributed by atoms with van der Waals surface area (Å²) in [5.41, 5.74) is 1.83. The van der Waals surface area contributed by atoms with E-state index >= 15 is 0 Å². The zero-order chi connectivity index (χ0) is 16.4. The number of aryl methyl sites for hydroxylation is 1. The van der Waals surface area contributed by atoms with Gasteiger partial charge in [-0.05, 0) is 43.8 Å². The summed E-state index contributed by atoms with van der Waals surface area (Å²) in [4.78, 5) is 26.7. The average molecular weight is 338 g/mol. The van der Waals surface area contributed by atoms with Gasteiger partial charge in [0, 0.05) is 5.41 Å². The van der Waals surface area contributed by atoms with E-state index in [1.807, 2.05) is 12.3 Å². The van der Waals surface area contributed by atoms with Gasteiger partial charge in [0.15, 0.2) is 0 Å². The number of carbonyl (C=O) groups excluding carboxylic acids is 2. The maximum Gasteiger partial charge on any atom is 0.350 e. The number of piperidine rings is 1. The summed E-state index contributed by atoms with van der Waals surface area (Å²) in [5, 5.41) is 4.72. The Kier molecular flexibility index (Phi) is 4.70. The average Bonchev–Trinajstić information content (AvgIpc) is 2.87. The monoisotopic (exact) mass is 338 g/mol. The fourth-order valence-corrected chi connectivity index (χ4v) is 4.01. The number of anilines is 1. The molecule has 1 N–H and O–H groups in total. The molecule has 1 aromatic rings. The molecule has 2 fully saturated rings. The van der Waals surface area contributed by atoms with Crippen LogP contribution in [0.4, 0.5) is 5.69 Å². The van der Waals surface area contributed by atoms with Crippen LogP contribution in [0.2, 0.25) is 0 Å². The van der Waals surface area contributed by atoms with Crippen LogP contribution in [0.5, 0.6) is 0 Å². The summed E-state index contributed by atoms with van der Waals surface area (Å²) in [6, 6.07) is 0. The number of hydrogen-bond donors (Lipinski definition) is 1. The summed E-state index contributed by atoms with van der Waals surface area (Å²) < 4.78 is 10.1. The first-order valence-corrected chi connectivity index (χ1v) is 8.67. The molecule has 126 valence electrons. The lowest BCUT2D eigenvalue weighted by atomic mass is 9.77. The Balaban J connectivity index is 1.56. The smallest absolute Gasteiger partial charge is 0.350 e. The van der Waals surface area contributed by atoms with Gasteiger partial charge in [0.25, 0.3) is 0 Å². The molecule has 23 heavy (non-hydrogen) atoms. The number of ether oxygens (including phenoxy) is 2. The van der Waals surface area contributed by atoms with Gasteiger partial charge in [-0.3, -0.25) is 9.69 Å². The largest absolute Gasteiger partial charge is 0.465 e. The predicted octanol–water partition coefficient (Wildman–Crippen LogP) is 1.89. The van der Waals surface area contributed by atoms with Crippen LogP contribution < -0.4 is 5.32 Å². The van der Waals surface area contributed by atoms with E-state index in [9.17, 15) is 9.59 Å².